The third-order valence-corrected chi connectivity index (χ3v) is 7.51. The summed E-state index contributed by atoms with van der Waals surface area (Å²) in [7, 11) is -3.78. The first-order valence-corrected chi connectivity index (χ1v) is 8.46. The van der Waals surface area contributed by atoms with Gasteiger partial charge >= 0.3 is 5.97 Å². The zero-order valence-corrected chi connectivity index (χ0v) is 12.9. The first-order valence-electron chi connectivity index (χ1n) is 5.03. The molecule has 1 saturated heterocycles. The number of hydrogen-bond donors (Lipinski definition) is 1. The van der Waals surface area contributed by atoms with Gasteiger partial charge in [0.2, 0.25) is 0 Å². The molecule has 9 heteroatoms. The highest BCUT2D eigenvalue weighted by atomic mass is 79.9. The smallest absolute Gasteiger partial charge is 0.322 e. The van der Waals surface area contributed by atoms with Gasteiger partial charge in [-0.3, -0.25) is 4.79 Å². The van der Waals surface area contributed by atoms with Gasteiger partial charge in [0, 0.05) is 6.54 Å². The number of carbonyl (C=O) groups is 1. The van der Waals surface area contributed by atoms with Crippen LogP contribution in [0.5, 0.6) is 0 Å². The Morgan fingerprint density at radius 2 is 2.28 bits per heavy atom. The largest absolute Gasteiger partial charge is 0.480 e. The van der Waals surface area contributed by atoms with Crippen molar-refractivity contribution < 1.29 is 18.3 Å². The molecule has 1 aliphatic heterocycles. The van der Waals surface area contributed by atoms with Gasteiger partial charge in [-0.2, -0.15) is 4.31 Å². The summed E-state index contributed by atoms with van der Waals surface area (Å²) >= 11 is 9.94. The number of sulfonamides is 1. The fourth-order valence-corrected chi connectivity index (χ4v) is 6.02. The fraction of sp³-hybridized carbons (Fsp3) is 0.444. The Kier molecular flexibility index (Phi) is 4.03. The van der Waals surface area contributed by atoms with Gasteiger partial charge in [0.05, 0.1) is 8.81 Å². The Morgan fingerprint density at radius 3 is 2.78 bits per heavy atom. The van der Waals surface area contributed by atoms with Crippen LogP contribution in [0.3, 0.4) is 0 Å². The summed E-state index contributed by atoms with van der Waals surface area (Å²) in [5.41, 5.74) is 0. The normalized spacial score (nSPS) is 21.3. The minimum Gasteiger partial charge on any atom is -0.480 e. The molecule has 100 valence electrons. The van der Waals surface area contributed by atoms with Crippen LogP contribution in [0.25, 0.3) is 0 Å². The van der Waals surface area contributed by atoms with Crippen LogP contribution in [0, 0.1) is 0 Å². The predicted octanol–water partition coefficient (Wildman–Crippen LogP) is 2.40. The highest BCUT2D eigenvalue weighted by Gasteiger charge is 2.40. The van der Waals surface area contributed by atoms with Crippen LogP contribution < -0.4 is 0 Å². The van der Waals surface area contributed by atoms with Gasteiger partial charge in [-0.1, -0.05) is 11.6 Å². The molecule has 0 amide bonds. The average Bonchev–Trinajstić information content (AvgIpc) is 2.87. The molecule has 1 atom stereocenters. The summed E-state index contributed by atoms with van der Waals surface area (Å²) in [5.74, 6) is -1.11. The molecule has 0 aromatic carbocycles. The van der Waals surface area contributed by atoms with E-state index in [0.717, 1.165) is 15.6 Å². The predicted molar refractivity (Wildman–Crippen MR) is 71.6 cm³/mol. The molecule has 1 aliphatic rings. The molecule has 0 spiro atoms. The van der Waals surface area contributed by atoms with Crippen molar-refractivity contribution in [2.24, 2.45) is 0 Å². The molecule has 1 N–H and O–H groups in total. The number of carboxylic acids is 1. The lowest BCUT2D eigenvalue weighted by Gasteiger charge is -2.19. The van der Waals surface area contributed by atoms with E-state index in [1.54, 1.807) is 0 Å². The lowest BCUT2D eigenvalue weighted by atomic mass is 10.2. The Labute approximate surface area is 122 Å². The van der Waals surface area contributed by atoms with Gasteiger partial charge in [-0.05, 0) is 34.8 Å². The van der Waals surface area contributed by atoms with Gasteiger partial charge in [-0.15, -0.1) is 11.3 Å². The Morgan fingerprint density at radius 1 is 1.61 bits per heavy atom. The molecule has 2 heterocycles. The van der Waals surface area contributed by atoms with Crippen LogP contribution in [0.15, 0.2) is 14.1 Å². The van der Waals surface area contributed by atoms with E-state index >= 15 is 0 Å². The van der Waals surface area contributed by atoms with E-state index in [1.807, 2.05) is 0 Å². The molecule has 1 fully saturated rings. The summed E-state index contributed by atoms with van der Waals surface area (Å²) in [5, 5.41) is 9.33. The molecule has 2 rings (SSSR count). The first-order chi connectivity index (χ1) is 8.34. The molecule has 5 nitrogen and oxygen atoms in total. The molecule has 1 aromatic rings. The van der Waals surface area contributed by atoms with E-state index in [4.69, 9.17) is 16.7 Å². The Bertz CT molecular complexity index is 566. The standard InChI is InChI=1S/C9H9BrClNO4S2/c10-8-5(11)4-7(17-8)18(15,16)12-3-1-2-6(12)9(13)14/h4,6H,1-3H2,(H,13,14). The minimum absolute atomic E-state index is 0.0625. The quantitative estimate of drug-likeness (QED) is 0.881. The second-order valence-corrected chi connectivity index (χ2v) is 8.69. The number of halogens is 2. The van der Waals surface area contributed by atoms with Crippen molar-refractivity contribution in [3.8, 4) is 0 Å². The minimum atomic E-state index is -3.78. The third kappa shape index (κ3) is 2.44. The Balaban J connectivity index is 2.39. The number of carboxylic acid groups (broad SMARTS) is 1. The molecular weight excluding hydrogens is 366 g/mol. The maximum Gasteiger partial charge on any atom is 0.322 e. The second kappa shape index (κ2) is 5.09. The van der Waals surface area contributed by atoms with E-state index in [9.17, 15) is 13.2 Å². The summed E-state index contributed by atoms with van der Waals surface area (Å²) in [6.45, 7) is 0.229. The zero-order valence-electron chi connectivity index (χ0n) is 8.97. The van der Waals surface area contributed by atoms with Gasteiger partial charge in [-0.25, -0.2) is 8.42 Å². The zero-order chi connectivity index (χ0) is 13.5. The summed E-state index contributed by atoms with van der Waals surface area (Å²) in [6.07, 6.45) is 0.894. The van der Waals surface area contributed by atoms with Crippen LogP contribution in [-0.4, -0.2) is 36.4 Å². The van der Waals surface area contributed by atoms with E-state index in [-0.39, 0.29) is 10.8 Å². The molecule has 1 unspecified atom stereocenters. The van der Waals surface area contributed by atoms with Gasteiger partial charge in [0.15, 0.2) is 0 Å². The van der Waals surface area contributed by atoms with E-state index in [2.05, 4.69) is 15.9 Å². The van der Waals surface area contributed by atoms with Crippen LogP contribution >= 0.6 is 38.9 Å². The molecule has 1 aromatic heterocycles. The topological polar surface area (TPSA) is 74.7 Å². The average molecular weight is 375 g/mol. The molecule has 0 radical (unpaired) electrons. The highest BCUT2D eigenvalue weighted by molar-refractivity contribution is 9.11. The van der Waals surface area contributed by atoms with Crippen molar-refractivity contribution in [3.63, 3.8) is 0 Å². The first kappa shape index (κ1) is 14.3. The number of nitrogens with zero attached hydrogens (tertiary/aromatic N) is 1. The van der Waals surface area contributed by atoms with Crippen molar-refractivity contribution in [1.82, 2.24) is 4.31 Å². The van der Waals surface area contributed by atoms with Crippen molar-refractivity contribution in [2.45, 2.75) is 23.1 Å². The van der Waals surface area contributed by atoms with Crippen LogP contribution in [-0.2, 0) is 14.8 Å². The van der Waals surface area contributed by atoms with Gasteiger partial charge in [0.25, 0.3) is 10.0 Å². The van der Waals surface area contributed by atoms with Crippen molar-refractivity contribution in [1.29, 1.82) is 0 Å². The molecule has 0 aliphatic carbocycles. The monoisotopic (exact) mass is 373 g/mol. The van der Waals surface area contributed by atoms with Crippen molar-refractivity contribution in [3.05, 3.63) is 14.9 Å². The highest BCUT2D eigenvalue weighted by Crippen LogP contribution is 2.37. The summed E-state index contributed by atoms with van der Waals surface area (Å²) in [4.78, 5) is 11.0. The fourth-order valence-electron chi connectivity index (χ4n) is 1.84. The second-order valence-electron chi connectivity index (χ2n) is 3.80. The van der Waals surface area contributed by atoms with Crippen LogP contribution in [0.1, 0.15) is 12.8 Å². The lowest BCUT2D eigenvalue weighted by molar-refractivity contribution is -0.140. The van der Waals surface area contributed by atoms with E-state index in [1.165, 1.54) is 6.07 Å². The summed E-state index contributed by atoms with van der Waals surface area (Å²) < 4.78 is 26.2. The number of hydrogen-bond acceptors (Lipinski definition) is 4. The third-order valence-electron chi connectivity index (χ3n) is 2.67. The number of thiophene rings is 1. The van der Waals surface area contributed by atoms with Crippen molar-refractivity contribution in [2.75, 3.05) is 6.54 Å². The van der Waals surface area contributed by atoms with E-state index < -0.39 is 22.0 Å². The molecule has 0 bridgehead atoms. The number of aliphatic carboxylic acids is 1. The summed E-state index contributed by atoms with van der Waals surface area (Å²) in [6, 6.07) is 0.359. The molecule has 18 heavy (non-hydrogen) atoms. The van der Waals surface area contributed by atoms with Crippen LogP contribution in [0.2, 0.25) is 5.02 Å². The SMILES string of the molecule is O=C(O)C1CCCN1S(=O)(=O)c1cc(Cl)c(Br)s1. The van der Waals surface area contributed by atoms with Gasteiger partial charge < -0.3 is 5.11 Å². The van der Waals surface area contributed by atoms with Gasteiger partial charge in [0.1, 0.15) is 10.3 Å². The lowest BCUT2D eigenvalue weighted by Crippen LogP contribution is -2.40. The van der Waals surface area contributed by atoms with Crippen LogP contribution in [0.4, 0.5) is 0 Å². The maximum absolute atomic E-state index is 12.3. The van der Waals surface area contributed by atoms with E-state index in [0.29, 0.717) is 21.7 Å². The van der Waals surface area contributed by atoms with Crippen molar-refractivity contribution >= 4 is 54.9 Å². The number of rotatable bonds is 3. The maximum atomic E-state index is 12.3. The molecular formula is C9H9BrClNO4S2. The Hall–Kier alpha value is -0.150. The molecule has 0 saturated carbocycles.